The van der Waals surface area contributed by atoms with Crippen LogP contribution in [0.15, 0.2) is 12.3 Å². The number of aromatic nitrogens is 1. The Morgan fingerprint density at radius 3 is 2.83 bits per heavy atom. The van der Waals surface area contributed by atoms with Crippen LogP contribution in [0, 0.1) is 12.1 Å². The summed E-state index contributed by atoms with van der Waals surface area (Å²) in [6, 6.07) is 1.35. The lowest BCUT2D eigenvalue weighted by Crippen LogP contribution is -2.29. The molecule has 0 saturated heterocycles. The lowest BCUT2D eigenvalue weighted by molar-refractivity contribution is -0.603. The standard InChI is InChI=1S/C7H6ClNO3/c1-4-2-5(7(10)11)6(8)9(12)3-4/h2-3H,1H3,(H,10,11). The van der Waals surface area contributed by atoms with Gasteiger partial charge in [-0.1, -0.05) is 0 Å². The van der Waals surface area contributed by atoms with Crippen LogP contribution >= 0.6 is 11.6 Å². The predicted octanol–water partition coefficient (Wildman–Crippen LogP) is 0.980. The molecule has 0 spiro atoms. The van der Waals surface area contributed by atoms with Crippen molar-refractivity contribution < 1.29 is 14.6 Å². The van der Waals surface area contributed by atoms with Crippen LogP contribution in [0.4, 0.5) is 0 Å². The van der Waals surface area contributed by atoms with Crippen molar-refractivity contribution in [2.75, 3.05) is 0 Å². The smallest absolute Gasteiger partial charge is 0.343 e. The Balaban J connectivity index is 3.37. The van der Waals surface area contributed by atoms with Crippen molar-refractivity contribution in [1.82, 2.24) is 0 Å². The van der Waals surface area contributed by atoms with Crippen LogP contribution in [-0.4, -0.2) is 11.1 Å². The van der Waals surface area contributed by atoms with E-state index in [9.17, 15) is 10.0 Å². The lowest BCUT2D eigenvalue weighted by atomic mass is 10.2. The number of carboxylic acid groups (broad SMARTS) is 1. The summed E-state index contributed by atoms with van der Waals surface area (Å²) in [6.45, 7) is 1.62. The molecule has 1 N–H and O–H groups in total. The number of nitrogens with zero attached hydrogens (tertiary/aromatic N) is 1. The monoisotopic (exact) mass is 187 g/mol. The molecule has 4 nitrogen and oxygen atoms in total. The Morgan fingerprint density at radius 2 is 2.33 bits per heavy atom. The minimum atomic E-state index is -1.20. The van der Waals surface area contributed by atoms with Crippen molar-refractivity contribution in [3.63, 3.8) is 0 Å². The van der Waals surface area contributed by atoms with Crippen LogP contribution in [0.3, 0.4) is 0 Å². The molecule has 0 aliphatic carbocycles. The molecular weight excluding hydrogens is 182 g/mol. The maximum absolute atomic E-state index is 10.9. The first-order chi connectivity index (χ1) is 5.52. The number of aromatic carboxylic acids is 1. The van der Waals surface area contributed by atoms with Crippen molar-refractivity contribution in [2.24, 2.45) is 0 Å². The second kappa shape index (κ2) is 2.98. The van der Waals surface area contributed by atoms with Gasteiger partial charge in [-0.3, -0.25) is 0 Å². The van der Waals surface area contributed by atoms with E-state index in [-0.39, 0.29) is 10.7 Å². The summed E-state index contributed by atoms with van der Waals surface area (Å²) in [7, 11) is 0. The predicted molar refractivity (Wildman–Crippen MR) is 42.1 cm³/mol. The van der Waals surface area contributed by atoms with Gasteiger partial charge in [0.05, 0.1) is 0 Å². The molecule has 1 aromatic heterocycles. The zero-order valence-corrected chi connectivity index (χ0v) is 7.00. The van der Waals surface area contributed by atoms with Gasteiger partial charge in [-0.2, -0.15) is 4.73 Å². The Morgan fingerprint density at radius 1 is 1.75 bits per heavy atom. The molecule has 0 aliphatic heterocycles. The molecule has 0 bridgehead atoms. The number of hydrogen-bond acceptors (Lipinski definition) is 2. The summed E-state index contributed by atoms with van der Waals surface area (Å²) in [5.74, 6) is -1.20. The van der Waals surface area contributed by atoms with E-state index >= 15 is 0 Å². The fourth-order valence-electron chi connectivity index (χ4n) is 0.835. The molecule has 64 valence electrons. The second-order valence-corrected chi connectivity index (χ2v) is 2.71. The maximum atomic E-state index is 10.9. The van der Waals surface area contributed by atoms with E-state index in [1.165, 1.54) is 12.3 Å². The minimum absolute atomic E-state index is 0.174. The molecule has 1 heterocycles. The van der Waals surface area contributed by atoms with Gasteiger partial charge in [-0.25, -0.2) is 4.79 Å². The maximum Gasteiger partial charge on any atom is 0.343 e. The molecule has 1 aromatic rings. The van der Waals surface area contributed by atoms with Gasteiger partial charge in [-0.05, 0) is 24.6 Å². The molecule has 0 saturated carbocycles. The first-order valence-corrected chi connectivity index (χ1v) is 3.53. The van der Waals surface area contributed by atoms with Gasteiger partial charge in [0.1, 0.15) is 5.56 Å². The van der Waals surface area contributed by atoms with E-state index in [4.69, 9.17) is 16.7 Å². The molecule has 0 fully saturated rings. The number of carbonyl (C=O) groups is 1. The molecule has 0 aliphatic rings. The van der Waals surface area contributed by atoms with Crippen molar-refractivity contribution in [3.05, 3.63) is 33.8 Å². The van der Waals surface area contributed by atoms with Crippen LogP contribution in [0.1, 0.15) is 15.9 Å². The van der Waals surface area contributed by atoms with Gasteiger partial charge in [-0.15, -0.1) is 0 Å². The first kappa shape index (κ1) is 8.80. The second-order valence-electron chi connectivity index (χ2n) is 2.35. The molecule has 1 rings (SSSR count). The molecule has 0 radical (unpaired) electrons. The number of rotatable bonds is 1. The topological polar surface area (TPSA) is 64.2 Å². The first-order valence-electron chi connectivity index (χ1n) is 3.15. The van der Waals surface area contributed by atoms with Crippen molar-refractivity contribution >= 4 is 17.6 Å². The number of carboxylic acids is 1. The van der Waals surface area contributed by atoms with E-state index in [1.807, 2.05) is 0 Å². The van der Waals surface area contributed by atoms with E-state index in [2.05, 4.69) is 0 Å². The minimum Gasteiger partial charge on any atom is -0.618 e. The average molecular weight is 188 g/mol. The van der Waals surface area contributed by atoms with Crippen molar-refractivity contribution in [1.29, 1.82) is 0 Å². The summed E-state index contributed by atoms with van der Waals surface area (Å²) in [5, 5.41) is 19.2. The molecule has 0 aromatic carbocycles. The van der Waals surface area contributed by atoms with Crippen LogP contribution < -0.4 is 4.73 Å². The zero-order valence-electron chi connectivity index (χ0n) is 6.24. The highest BCUT2D eigenvalue weighted by Gasteiger charge is 2.16. The van der Waals surface area contributed by atoms with Gasteiger partial charge in [0.15, 0.2) is 6.20 Å². The molecule has 0 unspecified atom stereocenters. The number of pyridine rings is 1. The Hall–Kier alpha value is -1.29. The lowest BCUT2D eigenvalue weighted by Gasteiger charge is -2.01. The molecule has 5 heteroatoms. The summed E-state index contributed by atoms with van der Waals surface area (Å²) in [5.41, 5.74) is 0.387. The molecular formula is C7H6ClNO3. The third-order valence-electron chi connectivity index (χ3n) is 1.34. The van der Waals surface area contributed by atoms with Gasteiger partial charge in [0.25, 0.3) is 0 Å². The number of aryl methyl sites for hydroxylation is 1. The van der Waals surface area contributed by atoms with Crippen molar-refractivity contribution in [2.45, 2.75) is 6.92 Å². The van der Waals surface area contributed by atoms with Gasteiger partial charge in [0, 0.05) is 5.56 Å². The summed E-state index contributed by atoms with van der Waals surface area (Å²) in [6.07, 6.45) is 1.22. The number of halogens is 1. The van der Waals surface area contributed by atoms with Crippen LogP contribution in [0.2, 0.25) is 5.15 Å². The Kier molecular flexibility index (Phi) is 2.19. The zero-order chi connectivity index (χ0) is 9.30. The third kappa shape index (κ3) is 1.48. The summed E-state index contributed by atoms with van der Waals surface area (Å²) >= 11 is 5.43. The van der Waals surface area contributed by atoms with E-state index in [0.29, 0.717) is 10.3 Å². The van der Waals surface area contributed by atoms with Crippen LogP contribution in [-0.2, 0) is 0 Å². The highest BCUT2D eigenvalue weighted by atomic mass is 35.5. The van der Waals surface area contributed by atoms with Gasteiger partial charge >= 0.3 is 11.1 Å². The largest absolute Gasteiger partial charge is 0.618 e. The van der Waals surface area contributed by atoms with E-state index < -0.39 is 5.97 Å². The summed E-state index contributed by atoms with van der Waals surface area (Å²) < 4.78 is 0.334. The SMILES string of the molecule is Cc1cc(C(=O)O)c(Cl)[n+]([O-])c1. The fraction of sp³-hybridized carbons (Fsp3) is 0.143. The third-order valence-corrected chi connectivity index (χ3v) is 1.71. The Labute approximate surface area is 73.6 Å². The highest BCUT2D eigenvalue weighted by Crippen LogP contribution is 2.11. The quantitative estimate of drug-likeness (QED) is 0.405. The van der Waals surface area contributed by atoms with Gasteiger partial charge < -0.3 is 10.3 Å². The number of hydrogen-bond donors (Lipinski definition) is 1. The average Bonchev–Trinajstić information content (AvgIpc) is 1.96. The normalized spacial score (nSPS) is 9.83. The van der Waals surface area contributed by atoms with Crippen LogP contribution in [0.5, 0.6) is 0 Å². The molecule has 0 atom stereocenters. The summed E-state index contributed by atoms with van der Waals surface area (Å²) in [4.78, 5) is 10.5. The fourth-order valence-corrected chi connectivity index (χ4v) is 1.02. The molecule has 0 amide bonds. The van der Waals surface area contributed by atoms with Crippen LogP contribution in [0.25, 0.3) is 0 Å². The Bertz CT molecular complexity index is 338. The van der Waals surface area contributed by atoms with E-state index in [1.54, 1.807) is 6.92 Å². The van der Waals surface area contributed by atoms with Crippen molar-refractivity contribution in [3.8, 4) is 0 Å². The molecule has 12 heavy (non-hydrogen) atoms. The van der Waals surface area contributed by atoms with E-state index in [0.717, 1.165) is 0 Å². The highest BCUT2D eigenvalue weighted by molar-refractivity contribution is 6.31. The van der Waals surface area contributed by atoms with Gasteiger partial charge in [0.2, 0.25) is 0 Å².